The molecule has 7 heteroatoms. The Hall–Kier alpha value is -4.00. The molecule has 0 amide bonds. The summed E-state index contributed by atoms with van der Waals surface area (Å²) in [6.45, 7) is 0. The normalized spacial score (nSPS) is 10.6. The molecule has 140 valence electrons. The van der Waals surface area contributed by atoms with Crippen molar-refractivity contribution in [1.29, 1.82) is 0 Å². The van der Waals surface area contributed by atoms with E-state index in [0.29, 0.717) is 5.69 Å². The number of benzene rings is 2. The number of nitrogens with zero attached hydrogens (tertiary/aromatic N) is 2. The second kappa shape index (κ2) is 8.59. The number of methoxy groups -OCH3 is 1. The molecule has 0 radical (unpaired) electrons. The predicted octanol–water partition coefficient (Wildman–Crippen LogP) is 4.59. The number of rotatable bonds is 6. The second-order valence-electron chi connectivity index (χ2n) is 5.82. The van der Waals surface area contributed by atoms with Gasteiger partial charge < -0.3 is 10.1 Å². The van der Waals surface area contributed by atoms with Crippen molar-refractivity contribution < 1.29 is 14.5 Å². The van der Waals surface area contributed by atoms with E-state index >= 15 is 0 Å². The van der Waals surface area contributed by atoms with Crippen molar-refractivity contribution in [1.82, 2.24) is 4.98 Å². The van der Waals surface area contributed by atoms with E-state index in [1.807, 2.05) is 48.5 Å². The summed E-state index contributed by atoms with van der Waals surface area (Å²) in [7, 11) is 1.33. The number of anilines is 2. The van der Waals surface area contributed by atoms with Gasteiger partial charge in [0.1, 0.15) is 0 Å². The molecule has 0 aliphatic rings. The summed E-state index contributed by atoms with van der Waals surface area (Å²) in [6, 6.07) is 18.0. The summed E-state index contributed by atoms with van der Waals surface area (Å²) >= 11 is 0. The van der Waals surface area contributed by atoms with Gasteiger partial charge in [0.05, 0.1) is 12.0 Å². The first kappa shape index (κ1) is 18.8. The van der Waals surface area contributed by atoms with Crippen molar-refractivity contribution in [2.45, 2.75) is 0 Å². The quantitative estimate of drug-likeness (QED) is 0.293. The number of esters is 1. The Labute approximate surface area is 161 Å². The molecule has 0 atom stereocenters. The first-order chi connectivity index (χ1) is 13.6. The van der Waals surface area contributed by atoms with E-state index in [2.05, 4.69) is 15.0 Å². The van der Waals surface area contributed by atoms with Crippen LogP contribution in [0.4, 0.5) is 17.2 Å². The van der Waals surface area contributed by atoms with E-state index in [-0.39, 0.29) is 11.5 Å². The van der Waals surface area contributed by atoms with E-state index in [4.69, 9.17) is 0 Å². The fraction of sp³-hybridized carbons (Fsp3) is 0.0476. The highest BCUT2D eigenvalue weighted by molar-refractivity contribution is 5.87. The maximum absolute atomic E-state index is 11.3. The fourth-order valence-electron chi connectivity index (χ4n) is 2.61. The van der Waals surface area contributed by atoms with E-state index < -0.39 is 10.9 Å². The van der Waals surface area contributed by atoms with Gasteiger partial charge in [-0.2, -0.15) is 0 Å². The molecule has 2 aromatic carbocycles. The first-order valence-corrected chi connectivity index (χ1v) is 8.40. The molecule has 7 nitrogen and oxygen atoms in total. The van der Waals surface area contributed by atoms with Crippen molar-refractivity contribution in [3.05, 3.63) is 88.6 Å². The minimum atomic E-state index is -0.476. The maximum atomic E-state index is 11.3. The molecule has 0 spiro atoms. The topological polar surface area (TPSA) is 94.4 Å². The molecule has 0 saturated carbocycles. The Kier molecular flexibility index (Phi) is 5.76. The lowest BCUT2D eigenvalue weighted by atomic mass is 10.0. The Bertz CT molecular complexity index is 1050. The van der Waals surface area contributed by atoms with Crippen molar-refractivity contribution in [2.75, 3.05) is 12.4 Å². The number of carbonyl (C=O) groups excluding carboxylic acids is 1. The van der Waals surface area contributed by atoms with Crippen LogP contribution in [0.5, 0.6) is 0 Å². The summed E-state index contributed by atoms with van der Waals surface area (Å²) in [4.78, 5) is 26.0. The molecule has 3 rings (SSSR count). The zero-order chi connectivity index (χ0) is 19.9. The molecule has 1 heterocycles. The minimum Gasteiger partial charge on any atom is -0.466 e. The van der Waals surface area contributed by atoms with Gasteiger partial charge in [0, 0.05) is 24.0 Å². The molecule has 1 N–H and O–H groups in total. The van der Waals surface area contributed by atoms with Crippen LogP contribution >= 0.6 is 0 Å². The smallest absolute Gasteiger partial charge is 0.330 e. The highest BCUT2D eigenvalue weighted by atomic mass is 16.6. The highest BCUT2D eigenvalue weighted by Gasteiger charge is 2.14. The molecular weight excluding hydrogens is 358 g/mol. The highest BCUT2D eigenvalue weighted by Crippen LogP contribution is 2.28. The zero-order valence-electron chi connectivity index (χ0n) is 15.0. The average Bonchev–Trinajstić information content (AvgIpc) is 2.72. The van der Waals surface area contributed by atoms with Crippen molar-refractivity contribution >= 4 is 29.2 Å². The Morgan fingerprint density at radius 2 is 1.86 bits per heavy atom. The number of ether oxygens (including phenoxy) is 1. The number of hydrogen-bond acceptors (Lipinski definition) is 6. The number of aromatic nitrogens is 1. The van der Waals surface area contributed by atoms with Gasteiger partial charge >= 0.3 is 11.7 Å². The van der Waals surface area contributed by atoms with Crippen LogP contribution in [0.3, 0.4) is 0 Å². The van der Waals surface area contributed by atoms with Crippen molar-refractivity contribution in [3.8, 4) is 11.1 Å². The molecule has 0 aliphatic heterocycles. The molecule has 0 bridgehead atoms. The van der Waals surface area contributed by atoms with Crippen LogP contribution in [0.25, 0.3) is 17.2 Å². The van der Waals surface area contributed by atoms with Gasteiger partial charge in [-0.05, 0) is 47.0 Å². The SMILES string of the molecule is COC(=O)/C=C/c1cccc(-c2cccc(Nc3ncccc3[N+](=O)[O-])c2)c1. The number of pyridine rings is 1. The van der Waals surface area contributed by atoms with Gasteiger partial charge in [-0.15, -0.1) is 0 Å². The van der Waals surface area contributed by atoms with E-state index in [1.165, 1.54) is 31.5 Å². The van der Waals surface area contributed by atoms with E-state index in [1.54, 1.807) is 6.08 Å². The summed E-state index contributed by atoms with van der Waals surface area (Å²) in [5.41, 5.74) is 3.28. The Morgan fingerprint density at radius 1 is 1.11 bits per heavy atom. The summed E-state index contributed by atoms with van der Waals surface area (Å²) < 4.78 is 4.60. The number of nitro groups is 1. The van der Waals surface area contributed by atoms with Gasteiger partial charge in [-0.1, -0.05) is 30.3 Å². The van der Waals surface area contributed by atoms with Crippen LogP contribution in [-0.4, -0.2) is 23.0 Å². The molecule has 28 heavy (non-hydrogen) atoms. The fourth-order valence-corrected chi connectivity index (χ4v) is 2.61. The van der Waals surface area contributed by atoms with Crippen LogP contribution in [0, 0.1) is 10.1 Å². The lowest BCUT2D eigenvalue weighted by Crippen LogP contribution is -1.99. The van der Waals surface area contributed by atoms with Crippen molar-refractivity contribution in [2.24, 2.45) is 0 Å². The summed E-state index contributed by atoms with van der Waals surface area (Å²) in [5, 5.41) is 14.2. The first-order valence-electron chi connectivity index (χ1n) is 8.40. The lowest BCUT2D eigenvalue weighted by molar-refractivity contribution is -0.384. The van der Waals surface area contributed by atoms with Crippen LogP contribution in [0.1, 0.15) is 5.56 Å². The number of hydrogen-bond donors (Lipinski definition) is 1. The largest absolute Gasteiger partial charge is 0.466 e. The molecule has 3 aromatic rings. The van der Waals surface area contributed by atoms with Crippen LogP contribution < -0.4 is 5.32 Å². The maximum Gasteiger partial charge on any atom is 0.330 e. The molecular formula is C21H17N3O4. The second-order valence-corrected chi connectivity index (χ2v) is 5.82. The van der Waals surface area contributed by atoms with E-state index in [0.717, 1.165) is 16.7 Å². The van der Waals surface area contributed by atoms with Crippen molar-refractivity contribution in [3.63, 3.8) is 0 Å². The van der Waals surface area contributed by atoms with Crippen LogP contribution in [-0.2, 0) is 9.53 Å². The number of carbonyl (C=O) groups is 1. The standard InChI is InChI=1S/C21H17N3O4/c1-28-20(25)11-10-15-5-2-6-16(13-15)17-7-3-8-18(14-17)23-21-19(24(26)27)9-4-12-22-21/h2-14H,1H3,(H,22,23)/b11-10+. The van der Waals surface area contributed by atoms with Gasteiger partial charge in [-0.25, -0.2) is 9.78 Å². The molecule has 0 unspecified atom stereocenters. The Balaban J connectivity index is 1.87. The summed E-state index contributed by atoms with van der Waals surface area (Å²) in [6.07, 6.45) is 4.53. The molecule has 1 aromatic heterocycles. The van der Waals surface area contributed by atoms with Gasteiger partial charge in [-0.3, -0.25) is 10.1 Å². The lowest BCUT2D eigenvalue weighted by Gasteiger charge is -2.09. The Morgan fingerprint density at radius 3 is 2.61 bits per heavy atom. The molecule has 0 fully saturated rings. The summed E-state index contributed by atoms with van der Waals surface area (Å²) in [5.74, 6) is -0.243. The monoisotopic (exact) mass is 375 g/mol. The number of nitrogens with one attached hydrogen (secondary N) is 1. The van der Waals surface area contributed by atoms with Crippen LogP contribution in [0.15, 0.2) is 72.9 Å². The van der Waals surface area contributed by atoms with Gasteiger partial charge in [0.15, 0.2) is 0 Å². The third-order valence-electron chi connectivity index (χ3n) is 3.94. The molecule has 0 saturated heterocycles. The van der Waals surface area contributed by atoms with E-state index in [9.17, 15) is 14.9 Å². The molecule has 0 aliphatic carbocycles. The zero-order valence-corrected chi connectivity index (χ0v) is 15.0. The van der Waals surface area contributed by atoms with Gasteiger partial charge in [0.25, 0.3) is 0 Å². The predicted molar refractivity (Wildman–Crippen MR) is 107 cm³/mol. The average molecular weight is 375 g/mol. The third-order valence-corrected chi connectivity index (χ3v) is 3.94. The van der Waals surface area contributed by atoms with Crippen LogP contribution in [0.2, 0.25) is 0 Å². The third kappa shape index (κ3) is 4.59. The minimum absolute atomic E-state index is 0.0946. The van der Waals surface area contributed by atoms with Gasteiger partial charge in [0.2, 0.25) is 5.82 Å².